The summed E-state index contributed by atoms with van der Waals surface area (Å²) in [5.41, 5.74) is 1.66. The number of aliphatic hydroxyl groups is 1. The van der Waals surface area contributed by atoms with Crippen LogP contribution in [-0.4, -0.2) is 35.2 Å². The van der Waals surface area contributed by atoms with Crippen molar-refractivity contribution in [1.82, 2.24) is 4.90 Å². The third-order valence-corrected chi connectivity index (χ3v) is 4.33. The molecule has 0 spiro atoms. The van der Waals surface area contributed by atoms with Crippen molar-refractivity contribution < 1.29 is 14.6 Å². The molecule has 2 unspecified atom stereocenters. The summed E-state index contributed by atoms with van der Waals surface area (Å²) in [6, 6.07) is 18.9. The Morgan fingerprint density at radius 3 is 2.42 bits per heavy atom. The van der Waals surface area contributed by atoms with Crippen LogP contribution in [-0.2, 0) is 16.1 Å². The lowest BCUT2D eigenvalue weighted by Crippen LogP contribution is -2.39. The summed E-state index contributed by atoms with van der Waals surface area (Å²) in [4.78, 5) is 14.6. The number of nitrogens with zero attached hydrogens (tertiary/aromatic N) is 1. The van der Waals surface area contributed by atoms with Crippen LogP contribution in [0.3, 0.4) is 0 Å². The summed E-state index contributed by atoms with van der Waals surface area (Å²) in [5.74, 6) is -0.277. The first-order chi connectivity index (χ1) is 11.7. The topological polar surface area (TPSA) is 49.8 Å². The lowest BCUT2D eigenvalue weighted by atomic mass is 10.1. The van der Waals surface area contributed by atoms with Gasteiger partial charge in [0.1, 0.15) is 0 Å². The summed E-state index contributed by atoms with van der Waals surface area (Å²) in [6.45, 7) is 1.74. The van der Waals surface area contributed by atoms with Crippen LogP contribution in [0.2, 0.25) is 0 Å². The molecule has 0 bridgehead atoms. The van der Waals surface area contributed by atoms with Crippen LogP contribution in [0.5, 0.6) is 0 Å². The maximum Gasteiger partial charge on any atom is 0.256 e. The molecule has 2 aromatic carbocycles. The minimum absolute atomic E-state index is 0.0561. The zero-order valence-corrected chi connectivity index (χ0v) is 13.7. The first-order valence-corrected chi connectivity index (χ1v) is 8.41. The average molecular weight is 325 g/mol. The highest BCUT2D eigenvalue weighted by molar-refractivity contribution is 5.82. The number of hydrogen-bond acceptors (Lipinski definition) is 3. The molecule has 1 aliphatic rings. The summed E-state index contributed by atoms with van der Waals surface area (Å²) in [5, 5.41) is 10.5. The van der Waals surface area contributed by atoms with E-state index in [0.717, 1.165) is 25.0 Å². The summed E-state index contributed by atoms with van der Waals surface area (Å²) >= 11 is 0. The van der Waals surface area contributed by atoms with Crippen molar-refractivity contribution in [3.05, 3.63) is 71.8 Å². The van der Waals surface area contributed by atoms with E-state index < -0.39 is 6.10 Å². The van der Waals surface area contributed by atoms with E-state index in [9.17, 15) is 9.90 Å². The predicted octanol–water partition coefficient (Wildman–Crippen LogP) is 2.93. The summed E-state index contributed by atoms with van der Waals surface area (Å²) in [6.07, 6.45) is 0.899. The van der Waals surface area contributed by atoms with Crippen LogP contribution in [0.1, 0.15) is 30.1 Å². The zero-order chi connectivity index (χ0) is 16.8. The average Bonchev–Trinajstić information content (AvgIpc) is 3.15. The molecule has 2 atom stereocenters. The summed E-state index contributed by atoms with van der Waals surface area (Å²) in [7, 11) is 0. The Hall–Kier alpha value is -2.17. The largest absolute Gasteiger partial charge is 0.378 e. The molecule has 0 saturated carbocycles. The van der Waals surface area contributed by atoms with Crippen LogP contribution < -0.4 is 0 Å². The molecule has 1 heterocycles. The van der Waals surface area contributed by atoms with Gasteiger partial charge in [-0.25, -0.2) is 0 Å². The van der Waals surface area contributed by atoms with Crippen LogP contribution in [0.4, 0.5) is 0 Å². The van der Waals surface area contributed by atoms with Crippen molar-refractivity contribution >= 4 is 5.91 Å². The lowest BCUT2D eigenvalue weighted by molar-refractivity contribution is -0.142. The molecule has 0 radical (unpaired) electrons. The highest BCUT2D eigenvalue weighted by Gasteiger charge is 2.27. The van der Waals surface area contributed by atoms with E-state index in [2.05, 4.69) is 0 Å². The van der Waals surface area contributed by atoms with Crippen molar-refractivity contribution in [2.45, 2.75) is 31.6 Å². The van der Waals surface area contributed by atoms with Gasteiger partial charge < -0.3 is 14.7 Å². The Kier molecular flexibility index (Phi) is 5.62. The Morgan fingerprint density at radius 2 is 1.79 bits per heavy atom. The van der Waals surface area contributed by atoms with Gasteiger partial charge in [-0.05, 0) is 24.0 Å². The van der Waals surface area contributed by atoms with Gasteiger partial charge >= 0.3 is 0 Å². The predicted molar refractivity (Wildman–Crippen MR) is 92.2 cm³/mol. The first kappa shape index (κ1) is 16.7. The molecule has 0 aromatic heterocycles. The van der Waals surface area contributed by atoms with Gasteiger partial charge in [0.05, 0.1) is 6.10 Å². The third-order valence-electron chi connectivity index (χ3n) is 4.33. The number of ether oxygens (including phenoxy) is 1. The van der Waals surface area contributed by atoms with Gasteiger partial charge in [0.25, 0.3) is 5.91 Å². The second-order valence-corrected chi connectivity index (χ2v) is 6.15. The van der Waals surface area contributed by atoms with Gasteiger partial charge in [-0.1, -0.05) is 60.7 Å². The number of rotatable bonds is 6. The quantitative estimate of drug-likeness (QED) is 0.888. The second-order valence-electron chi connectivity index (χ2n) is 6.15. The normalized spacial score (nSPS) is 18.3. The molecule has 1 N–H and O–H groups in total. The molecule has 3 rings (SSSR count). The van der Waals surface area contributed by atoms with Crippen LogP contribution in [0.15, 0.2) is 60.7 Å². The molecule has 1 aliphatic heterocycles. The van der Waals surface area contributed by atoms with Crippen molar-refractivity contribution in [2.75, 3.05) is 13.2 Å². The molecule has 24 heavy (non-hydrogen) atoms. The highest BCUT2D eigenvalue weighted by Crippen LogP contribution is 2.20. The second kappa shape index (κ2) is 8.08. The third kappa shape index (κ3) is 4.22. The number of carbonyl (C=O) groups excluding carboxylic acids is 1. The maximum absolute atomic E-state index is 12.9. The molecule has 4 nitrogen and oxygen atoms in total. The molecular formula is C20H23NO3. The van der Waals surface area contributed by atoms with Gasteiger partial charge in [0.2, 0.25) is 0 Å². The Bertz CT molecular complexity index is 638. The Morgan fingerprint density at radius 1 is 1.12 bits per heavy atom. The molecule has 2 aromatic rings. The lowest BCUT2D eigenvalue weighted by Gasteiger charge is -2.28. The van der Waals surface area contributed by atoms with Gasteiger partial charge in [-0.3, -0.25) is 4.79 Å². The van der Waals surface area contributed by atoms with E-state index in [-0.39, 0.29) is 12.0 Å². The summed E-state index contributed by atoms with van der Waals surface area (Å²) < 4.78 is 5.68. The van der Waals surface area contributed by atoms with E-state index in [1.54, 1.807) is 17.0 Å². The molecule has 1 fully saturated rings. The van der Waals surface area contributed by atoms with E-state index in [1.165, 1.54) is 0 Å². The minimum Gasteiger partial charge on any atom is -0.378 e. The monoisotopic (exact) mass is 325 g/mol. The van der Waals surface area contributed by atoms with E-state index in [0.29, 0.717) is 18.7 Å². The Labute approximate surface area is 142 Å². The van der Waals surface area contributed by atoms with Gasteiger partial charge in [0.15, 0.2) is 6.10 Å². The fraction of sp³-hybridized carbons (Fsp3) is 0.350. The number of amides is 1. The van der Waals surface area contributed by atoms with Crippen LogP contribution in [0, 0.1) is 0 Å². The number of benzene rings is 2. The molecule has 1 amide bonds. The molecule has 126 valence electrons. The van der Waals surface area contributed by atoms with Crippen LogP contribution >= 0.6 is 0 Å². The van der Waals surface area contributed by atoms with Gasteiger partial charge in [0, 0.05) is 19.7 Å². The van der Waals surface area contributed by atoms with Crippen molar-refractivity contribution in [1.29, 1.82) is 0 Å². The van der Waals surface area contributed by atoms with Gasteiger partial charge in [-0.2, -0.15) is 0 Å². The first-order valence-electron chi connectivity index (χ1n) is 8.41. The smallest absolute Gasteiger partial charge is 0.256 e. The molecule has 1 saturated heterocycles. The number of aliphatic hydroxyl groups excluding tert-OH is 1. The van der Waals surface area contributed by atoms with Crippen molar-refractivity contribution in [3.8, 4) is 0 Å². The SMILES string of the molecule is O=C(C(O)c1ccccc1)N(Cc1ccccc1)CC1CCCO1. The zero-order valence-electron chi connectivity index (χ0n) is 13.7. The molecular weight excluding hydrogens is 302 g/mol. The molecule has 4 heteroatoms. The number of hydrogen-bond donors (Lipinski definition) is 1. The van der Waals surface area contributed by atoms with Crippen LogP contribution in [0.25, 0.3) is 0 Å². The van der Waals surface area contributed by atoms with E-state index in [1.807, 2.05) is 48.5 Å². The fourth-order valence-electron chi connectivity index (χ4n) is 3.02. The fourth-order valence-corrected chi connectivity index (χ4v) is 3.02. The van der Waals surface area contributed by atoms with E-state index in [4.69, 9.17) is 4.74 Å². The Balaban J connectivity index is 1.75. The van der Waals surface area contributed by atoms with Crippen molar-refractivity contribution in [2.24, 2.45) is 0 Å². The highest BCUT2D eigenvalue weighted by atomic mass is 16.5. The number of carbonyl (C=O) groups is 1. The molecule has 0 aliphatic carbocycles. The van der Waals surface area contributed by atoms with Gasteiger partial charge in [-0.15, -0.1) is 0 Å². The van der Waals surface area contributed by atoms with Crippen molar-refractivity contribution in [3.63, 3.8) is 0 Å². The standard InChI is InChI=1S/C20H23NO3/c22-19(17-10-5-2-6-11-17)20(23)21(15-18-12-7-13-24-18)14-16-8-3-1-4-9-16/h1-6,8-11,18-19,22H,7,12-15H2. The minimum atomic E-state index is -1.14. The maximum atomic E-state index is 12.9. The van der Waals surface area contributed by atoms with E-state index >= 15 is 0 Å².